The summed E-state index contributed by atoms with van der Waals surface area (Å²) < 4.78 is 0. The van der Waals surface area contributed by atoms with E-state index in [0.717, 1.165) is 19.1 Å². The van der Waals surface area contributed by atoms with Crippen LogP contribution in [0.15, 0.2) is 0 Å². The Bertz CT molecular complexity index is 195. The molecule has 0 bridgehead atoms. The number of nitrogens with zero attached hydrogens (tertiary/aromatic N) is 1. The molecule has 3 heteroatoms. The minimum Gasteiger partial charge on any atom is -0.315 e. The van der Waals surface area contributed by atoms with E-state index < -0.39 is 0 Å². The molecule has 15 heavy (non-hydrogen) atoms. The average Bonchev–Trinajstić information content (AvgIpc) is 2.86. The highest BCUT2D eigenvalue weighted by molar-refractivity contribution is 5.01. The van der Waals surface area contributed by atoms with Gasteiger partial charge in [-0.1, -0.05) is 13.8 Å². The van der Waals surface area contributed by atoms with Gasteiger partial charge in [-0.2, -0.15) is 0 Å². The Kier molecular flexibility index (Phi) is 3.65. The first kappa shape index (κ1) is 11.4. The Morgan fingerprint density at radius 3 is 2.87 bits per heavy atom. The molecule has 1 saturated carbocycles. The van der Waals surface area contributed by atoms with Crippen molar-refractivity contribution in [2.24, 2.45) is 5.41 Å². The second kappa shape index (κ2) is 4.81. The summed E-state index contributed by atoms with van der Waals surface area (Å²) in [5.74, 6) is 0. The SMILES string of the molecule is CC1(C)CC1NCCN1CCCNCC1. The molecule has 1 heterocycles. The summed E-state index contributed by atoms with van der Waals surface area (Å²) in [5, 5.41) is 7.09. The monoisotopic (exact) mass is 211 g/mol. The lowest BCUT2D eigenvalue weighted by Crippen LogP contribution is -2.36. The van der Waals surface area contributed by atoms with Crippen molar-refractivity contribution in [3.8, 4) is 0 Å². The summed E-state index contributed by atoms with van der Waals surface area (Å²) in [4.78, 5) is 2.57. The fraction of sp³-hybridized carbons (Fsp3) is 1.00. The molecule has 0 spiro atoms. The summed E-state index contributed by atoms with van der Waals surface area (Å²) in [6.45, 7) is 11.9. The van der Waals surface area contributed by atoms with Crippen LogP contribution in [0.1, 0.15) is 26.7 Å². The highest BCUT2D eigenvalue weighted by Crippen LogP contribution is 2.44. The van der Waals surface area contributed by atoms with Crippen LogP contribution in [0.4, 0.5) is 0 Å². The molecule has 1 atom stereocenters. The molecule has 0 radical (unpaired) electrons. The van der Waals surface area contributed by atoms with Crippen LogP contribution in [-0.4, -0.2) is 50.2 Å². The second-order valence-corrected chi connectivity index (χ2v) is 5.64. The summed E-state index contributed by atoms with van der Waals surface area (Å²) in [5.41, 5.74) is 0.570. The third kappa shape index (κ3) is 3.44. The Hall–Kier alpha value is -0.120. The molecule has 0 amide bonds. The Morgan fingerprint density at radius 1 is 1.33 bits per heavy atom. The van der Waals surface area contributed by atoms with E-state index in [0.29, 0.717) is 5.41 Å². The molecule has 0 aromatic heterocycles. The van der Waals surface area contributed by atoms with Gasteiger partial charge in [0.25, 0.3) is 0 Å². The van der Waals surface area contributed by atoms with E-state index in [9.17, 15) is 0 Å². The smallest absolute Gasteiger partial charge is 0.0125 e. The van der Waals surface area contributed by atoms with Gasteiger partial charge in [0.2, 0.25) is 0 Å². The number of hydrogen-bond donors (Lipinski definition) is 2. The van der Waals surface area contributed by atoms with Crippen molar-refractivity contribution in [3.63, 3.8) is 0 Å². The van der Waals surface area contributed by atoms with Gasteiger partial charge in [-0.25, -0.2) is 0 Å². The predicted octanol–water partition coefficient (Wildman–Crippen LogP) is 0.670. The molecule has 1 saturated heterocycles. The zero-order valence-electron chi connectivity index (χ0n) is 10.2. The standard InChI is InChI=1S/C12H25N3/c1-12(2)10-11(12)14-6-9-15-7-3-4-13-5-8-15/h11,13-14H,3-10H2,1-2H3. The van der Waals surface area contributed by atoms with Crippen LogP contribution in [0.5, 0.6) is 0 Å². The lowest BCUT2D eigenvalue weighted by molar-refractivity contribution is 0.289. The first-order valence-electron chi connectivity index (χ1n) is 6.35. The van der Waals surface area contributed by atoms with Gasteiger partial charge < -0.3 is 15.5 Å². The van der Waals surface area contributed by atoms with E-state index in [1.54, 1.807) is 0 Å². The van der Waals surface area contributed by atoms with Gasteiger partial charge in [0, 0.05) is 32.2 Å². The van der Waals surface area contributed by atoms with Crippen molar-refractivity contribution in [1.29, 1.82) is 0 Å². The molecular weight excluding hydrogens is 186 g/mol. The van der Waals surface area contributed by atoms with Gasteiger partial charge in [0.05, 0.1) is 0 Å². The van der Waals surface area contributed by atoms with Crippen molar-refractivity contribution in [2.75, 3.05) is 39.3 Å². The Balaban J connectivity index is 1.57. The topological polar surface area (TPSA) is 27.3 Å². The molecule has 1 aliphatic heterocycles. The van der Waals surface area contributed by atoms with Crippen molar-refractivity contribution < 1.29 is 0 Å². The van der Waals surface area contributed by atoms with E-state index in [4.69, 9.17) is 0 Å². The molecule has 88 valence electrons. The summed E-state index contributed by atoms with van der Waals surface area (Å²) in [7, 11) is 0. The lowest BCUT2D eigenvalue weighted by Gasteiger charge is -2.19. The summed E-state index contributed by atoms with van der Waals surface area (Å²) in [6, 6.07) is 0.780. The second-order valence-electron chi connectivity index (χ2n) is 5.64. The maximum absolute atomic E-state index is 3.65. The van der Waals surface area contributed by atoms with E-state index in [2.05, 4.69) is 29.4 Å². The third-order valence-electron chi connectivity index (χ3n) is 3.76. The number of hydrogen-bond acceptors (Lipinski definition) is 3. The molecular formula is C12H25N3. The first-order chi connectivity index (χ1) is 7.18. The number of nitrogens with one attached hydrogen (secondary N) is 2. The quantitative estimate of drug-likeness (QED) is 0.716. The van der Waals surface area contributed by atoms with Crippen molar-refractivity contribution in [2.45, 2.75) is 32.7 Å². The largest absolute Gasteiger partial charge is 0.315 e. The fourth-order valence-electron chi connectivity index (χ4n) is 2.34. The van der Waals surface area contributed by atoms with Gasteiger partial charge >= 0.3 is 0 Å². The molecule has 0 aromatic rings. The van der Waals surface area contributed by atoms with Crippen molar-refractivity contribution in [3.05, 3.63) is 0 Å². The predicted molar refractivity (Wildman–Crippen MR) is 64.1 cm³/mol. The van der Waals surface area contributed by atoms with Gasteiger partial charge in [0.1, 0.15) is 0 Å². The van der Waals surface area contributed by atoms with Crippen LogP contribution in [0, 0.1) is 5.41 Å². The van der Waals surface area contributed by atoms with Crippen LogP contribution in [0.25, 0.3) is 0 Å². The highest BCUT2D eigenvalue weighted by Gasteiger charge is 2.44. The minimum atomic E-state index is 0.570. The normalized spacial score (nSPS) is 31.2. The number of rotatable bonds is 4. The van der Waals surface area contributed by atoms with Gasteiger partial charge in [-0.15, -0.1) is 0 Å². The maximum Gasteiger partial charge on any atom is 0.0125 e. The Labute approximate surface area is 93.6 Å². The van der Waals surface area contributed by atoms with Gasteiger partial charge in [0.15, 0.2) is 0 Å². The minimum absolute atomic E-state index is 0.570. The zero-order chi connectivity index (χ0) is 10.7. The van der Waals surface area contributed by atoms with Crippen molar-refractivity contribution in [1.82, 2.24) is 15.5 Å². The van der Waals surface area contributed by atoms with Crippen LogP contribution >= 0.6 is 0 Å². The lowest BCUT2D eigenvalue weighted by atomic mass is 10.2. The molecule has 3 nitrogen and oxygen atoms in total. The first-order valence-corrected chi connectivity index (χ1v) is 6.35. The summed E-state index contributed by atoms with van der Waals surface area (Å²) in [6.07, 6.45) is 2.66. The van der Waals surface area contributed by atoms with Crippen LogP contribution in [-0.2, 0) is 0 Å². The summed E-state index contributed by atoms with van der Waals surface area (Å²) >= 11 is 0. The molecule has 1 aliphatic carbocycles. The van der Waals surface area contributed by atoms with E-state index >= 15 is 0 Å². The van der Waals surface area contributed by atoms with Crippen LogP contribution in [0.2, 0.25) is 0 Å². The van der Waals surface area contributed by atoms with E-state index in [1.165, 1.54) is 39.0 Å². The Morgan fingerprint density at radius 2 is 2.13 bits per heavy atom. The fourth-order valence-corrected chi connectivity index (χ4v) is 2.34. The molecule has 0 aromatic carbocycles. The molecule has 1 unspecified atom stereocenters. The van der Waals surface area contributed by atoms with Crippen LogP contribution in [0.3, 0.4) is 0 Å². The maximum atomic E-state index is 3.65. The molecule has 2 N–H and O–H groups in total. The highest BCUT2D eigenvalue weighted by atomic mass is 15.2. The van der Waals surface area contributed by atoms with Gasteiger partial charge in [-0.3, -0.25) is 0 Å². The molecule has 2 fully saturated rings. The average molecular weight is 211 g/mol. The third-order valence-corrected chi connectivity index (χ3v) is 3.76. The molecule has 2 rings (SSSR count). The van der Waals surface area contributed by atoms with Crippen LogP contribution < -0.4 is 10.6 Å². The van der Waals surface area contributed by atoms with E-state index in [1.807, 2.05) is 0 Å². The van der Waals surface area contributed by atoms with Gasteiger partial charge in [-0.05, 0) is 31.3 Å². The van der Waals surface area contributed by atoms with E-state index in [-0.39, 0.29) is 0 Å². The molecule has 2 aliphatic rings. The zero-order valence-corrected chi connectivity index (χ0v) is 10.2. The van der Waals surface area contributed by atoms with Crippen molar-refractivity contribution >= 4 is 0 Å².